The van der Waals surface area contributed by atoms with Crippen molar-refractivity contribution < 1.29 is 27.1 Å². The maximum Gasteiger partial charge on any atom is 0.416 e. The Morgan fingerprint density at radius 1 is 0.951 bits per heavy atom. The van der Waals surface area contributed by atoms with Crippen LogP contribution in [0.3, 0.4) is 0 Å². The summed E-state index contributed by atoms with van der Waals surface area (Å²) in [6, 6.07) is 10.1. The number of nitrogens with one attached hydrogen (secondary N) is 2. The number of anilines is 3. The molecule has 2 aromatic carbocycles. The van der Waals surface area contributed by atoms with Gasteiger partial charge < -0.3 is 21.1 Å². The molecule has 0 saturated heterocycles. The molecule has 4 N–H and O–H groups in total. The van der Waals surface area contributed by atoms with Crippen molar-refractivity contribution in [1.82, 2.24) is 24.7 Å². The smallest absolute Gasteiger partial charge is 0.416 e. The minimum Gasteiger partial charge on any atom is -0.424 e. The molecule has 0 bridgehead atoms. The number of nitrogens with two attached hydrogens (primary N) is 1. The van der Waals surface area contributed by atoms with E-state index in [1.807, 2.05) is 0 Å². The first-order valence-electron chi connectivity index (χ1n) is 11.6. The molecule has 0 aliphatic heterocycles. The minimum absolute atomic E-state index is 0.0115. The van der Waals surface area contributed by atoms with Crippen LogP contribution in [0.5, 0.6) is 11.8 Å². The lowest BCUT2D eigenvalue weighted by molar-refractivity contribution is -0.137. The molecule has 0 spiro atoms. The van der Waals surface area contributed by atoms with E-state index < -0.39 is 23.6 Å². The van der Waals surface area contributed by atoms with E-state index in [9.17, 15) is 22.4 Å². The van der Waals surface area contributed by atoms with E-state index in [4.69, 9.17) is 22.1 Å². The van der Waals surface area contributed by atoms with Gasteiger partial charge in [-0.2, -0.15) is 18.3 Å². The number of carbonyl (C=O) groups excluding carboxylic acids is 1. The van der Waals surface area contributed by atoms with E-state index in [-0.39, 0.29) is 23.1 Å². The van der Waals surface area contributed by atoms with E-state index in [1.165, 1.54) is 18.6 Å². The third-order valence-electron chi connectivity index (χ3n) is 5.52. The van der Waals surface area contributed by atoms with Crippen LogP contribution in [0.25, 0.3) is 16.8 Å². The number of rotatable bonds is 6. The summed E-state index contributed by atoms with van der Waals surface area (Å²) in [6.45, 7) is 0. The van der Waals surface area contributed by atoms with Gasteiger partial charge in [-0.05, 0) is 42.0 Å². The number of aromatic nitrogens is 5. The summed E-state index contributed by atoms with van der Waals surface area (Å²) in [5, 5.41) is 8.91. The number of carbonyl (C=O) groups is 1. The Balaban J connectivity index is 1.26. The number of urea groups is 1. The largest absolute Gasteiger partial charge is 0.424 e. The highest BCUT2D eigenvalue weighted by Crippen LogP contribution is 2.34. The zero-order chi connectivity index (χ0) is 29.1. The Labute approximate surface area is 233 Å². The topological polar surface area (TPSA) is 133 Å². The van der Waals surface area contributed by atoms with Gasteiger partial charge in [-0.3, -0.25) is 0 Å². The van der Waals surface area contributed by atoms with Crippen LogP contribution < -0.4 is 21.1 Å². The Morgan fingerprint density at radius 2 is 1.68 bits per heavy atom. The van der Waals surface area contributed by atoms with Gasteiger partial charge in [-0.15, -0.1) is 0 Å². The Morgan fingerprint density at radius 3 is 2.34 bits per heavy atom. The zero-order valence-corrected chi connectivity index (χ0v) is 21.3. The molecule has 0 unspecified atom stereocenters. The third-order valence-corrected chi connectivity index (χ3v) is 5.72. The summed E-state index contributed by atoms with van der Waals surface area (Å²) in [5.41, 5.74) is 6.18. The predicted molar refractivity (Wildman–Crippen MR) is 142 cm³/mol. The molecular formula is C26H17ClF4N8O2. The van der Waals surface area contributed by atoms with Gasteiger partial charge in [0.05, 0.1) is 52.4 Å². The molecule has 0 atom stereocenters. The zero-order valence-electron chi connectivity index (χ0n) is 20.5. The van der Waals surface area contributed by atoms with Gasteiger partial charge in [0, 0.05) is 11.8 Å². The maximum atomic E-state index is 13.5. The molecule has 0 aliphatic rings. The molecule has 3 aromatic heterocycles. The molecule has 0 radical (unpaired) electrons. The van der Waals surface area contributed by atoms with Crippen LogP contribution in [-0.2, 0) is 6.18 Å². The third kappa shape index (κ3) is 6.50. The van der Waals surface area contributed by atoms with Gasteiger partial charge in [0.2, 0.25) is 0 Å². The molecular weight excluding hydrogens is 568 g/mol. The lowest BCUT2D eigenvalue weighted by Gasteiger charge is -2.15. The van der Waals surface area contributed by atoms with Crippen LogP contribution in [0.2, 0.25) is 5.02 Å². The number of hydrogen-bond acceptors (Lipinski definition) is 7. The normalized spacial score (nSPS) is 11.2. The highest BCUT2D eigenvalue weighted by Gasteiger charge is 2.31. The molecule has 10 nitrogen and oxygen atoms in total. The molecule has 2 amide bonds. The van der Waals surface area contributed by atoms with Gasteiger partial charge >= 0.3 is 18.2 Å². The molecule has 0 saturated carbocycles. The van der Waals surface area contributed by atoms with Gasteiger partial charge in [0.25, 0.3) is 0 Å². The van der Waals surface area contributed by atoms with E-state index in [1.54, 1.807) is 30.3 Å². The first-order valence-corrected chi connectivity index (χ1v) is 11.9. The van der Waals surface area contributed by atoms with Crippen molar-refractivity contribution in [3.8, 4) is 28.6 Å². The standard InChI is InChI=1S/C26H17ClF4N8O2/c27-16-8-20(23(32)33-9-16)14-1-4-19(5-2-14)41-25-34-11-18(12-35-25)37-24(40)38-21-7-15(26(29,30)31)3-6-22(21)39-13-17(28)10-36-39/h1-13H,(H2,32,33)(H2,37,38,40). The number of pyridine rings is 1. The number of hydrogen-bond donors (Lipinski definition) is 3. The first-order chi connectivity index (χ1) is 19.5. The van der Waals surface area contributed by atoms with Crippen molar-refractivity contribution in [3.63, 3.8) is 0 Å². The fourth-order valence-corrected chi connectivity index (χ4v) is 3.81. The summed E-state index contributed by atoms with van der Waals surface area (Å²) in [7, 11) is 0. The number of nitrogen functional groups attached to an aromatic ring is 1. The summed E-state index contributed by atoms with van der Waals surface area (Å²) < 4.78 is 59.8. The van der Waals surface area contributed by atoms with Crippen LogP contribution in [0.1, 0.15) is 5.56 Å². The number of halogens is 5. The monoisotopic (exact) mass is 584 g/mol. The number of benzene rings is 2. The fraction of sp³-hybridized carbons (Fsp3) is 0.0385. The van der Waals surface area contributed by atoms with Crippen LogP contribution in [0.15, 0.2) is 79.5 Å². The lowest BCUT2D eigenvalue weighted by Crippen LogP contribution is -2.21. The van der Waals surface area contributed by atoms with E-state index >= 15 is 0 Å². The SMILES string of the molecule is Nc1ncc(Cl)cc1-c1ccc(Oc2ncc(NC(=O)Nc3cc(C(F)(F)F)ccc3-n3cc(F)cn3)cn2)cc1. The molecule has 0 aliphatic carbocycles. The second-order valence-electron chi connectivity index (χ2n) is 8.38. The Bertz CT molecular complexity index is 1710. The Kier molecular flexibility index (Phi) is 7.40. The molecule has 3 heterocycles. The van der Waals surface area contributed by atoms with Crippen LogP contribution >= 0.6 is 11.6 Å². The second-order valence-corrected chi connectivity index (χ2v) is 8.82. The van der Waals surface area contributed by atoms with Crippen molar-refractivity contribution in [3.05, 3.63) is 95.9 Å². The summed E-state index contributed by atoms with van der Waals surface area (Å²) in [5.74, 6) is 0.0183. The maximum absolute atomic E-state index is 13.5. The van der Waals surface area contributed by atoms with Crippen molar-refractivity contribution in [2.45, 2.75) is 6.18 Å². The van der Waals surface area contributed by atoms with Crippen LogP contribution in [0, 0.1) is 5.82 Å². The van der Waals surface area contributed by atoms with Gasteiger partial charge in [-0.25, -0.2) is 28.8 Å². The molecule has 208 valence electrons. The molecule has 0 fully saturated rings. The van der Waals surface area contributed by atoms with Crippen LogP contribution in [-0.4, -0.2) is 30.8 Å². The van der Waals surface area contributed by atoms with E-state index in [0.717, 1.165) is 34.8 Å². The van der Waals surface area contributed by atoms with E-state index in [0.29, 0.717) is 28.2 Å². The second kappa shape index (κ2) is 11.1. The molecule has 5 rings (SSSR count). The quantitative estimate of drug-likeness (QED) is 0.193. The highest BCUT2D eigenvalue weighted by atomic mass is 35.5. The average molecular weight is 585 g/mol. The van der Waals surface area contributed by atoms with Gasteiger partial charge in [0.1, 0.15) is 11.6 Å². The Hall–Kier alpha value is -5.24. The summed E-state index contributed by atoms with van der Waals surface area (Å²) in [6.07, 6.45) is 1.09. The predicted octanol–water partition coefficient (Wildman–Crippen LogP) is 6.55. The summed E-state index contributed by atoms with van der Waals surface area (Å²) >= 11 is 6.00. The number of nitrogens with zero attached hydrogens (tertiary/aromatic N) is 5. The first kappa shape index (κ1) is 27.3. The number of ether oxygens (including phenoxy) is 1. The van der Waals surface area contributed by atoms with Crippen molar-refractivity contribution in [2.24, 2.45) is 0 Å². The fourth-order valence-electron chi connectivity index (χ4n) is 3.65. The number of amides is 2. The highest BCUT2D eigenvalue weighted by molar-refractivity contribution is 6.30. The lowest BCUT2D eigenvalue weighted by atomic mass is 10.1. The number of alkyl halides is 3. The van der Waals surface area contributed by atoms with Gasteiger partial charge in [0.15, 0.2) is 5.82 Å². The van der Waals surface area contributed by atoms with Gasteiger partial charge in [-0.1, -0.05) is 23.7 Å². The minimum atomic E-state index is -4.68. The van der Waals surface area contributed by atoms with Crippen molar-refractivity contribution in [2.75, 3.05) is 16.4 Å². The molecule has 41 heavy (non-hydrogen) atoms. The van der Waals surface area contributed by atoms with E-state index in [2.05, 4.69) is 30.7 Å². The van der Waals surface area contributed by atoms with Crippen LogP contribution in [0.4, 0.5) is 39.5 Å². The van der Waals surface area contributed by atoms with Crippen molar-refractivity contribution in [1.29, 1.82) is 0 Å². The summed E-state index contributed by atoms with van der Waals surface area (Å²) in [4.78, 5) is 24.7. The molecule has 15 heteroatoms. The molecule has 5 aromatic rings. The average Bonchev–Trinajstić information content (AvgIpc) is 3.37. The van der Waals surface area contributed by atoms with Crippen molar-refractivity contribution >= 4 is 34.8 Å².